The Morgan fingerprint density at radius 1 is 1.16 bits per heavy atom. The lowest BCUT2D eigenvalue weighted by atomic mass is 10.2. The van der Waals surface area contributed by atoms with Gasteiger partial charge in [-0.25, -0.2) is 0 Å². The van der Waals surface area contributed by atoms with Crippen molar-refractivity contribution >= 4 is 5.91 Å². The third kappa shape index (κ3) is 4.23. The number of para-hydroxylation sites is 1. The second kappa shape index (κ2) is 8.10. The molecule has 1 heterocycles. The molecule has 6 heteroatoms. The highest BCUT2D eigenvalue weighted by Gasteiger charge is 2.10. The zero-order valence-corrected chi connectivity index (χ0v) is 14.1. The molecule has 1 amide bonds. The number of hydrogen-bond acceptors (Lipinski definition) is 4. The van der Waals surface area contributed by atoms with Crippen LogP contribution in [0, 0.1) is 0 Å². The fourth-order valence-electron chi connectivity index (χ4n) is 2.39. The molecule has 25 heavy (non-hydrogen) atoms. The van der Waals surface area contributed by atoms with Gasteiger partial charge < -0.3 is 10.1 Å². The van der Waals surface area contributed by atoms with E-state index in [-0.39, 0.29) is 12.5 Å². The van der Waals surface area contributed by atoms with Gasteiger partial charge in [0, 0.05) is 11.3 Å². The van der Waals surface area contributed by atoms with Crippen molar-refractivity contribution in [1.29, 1.82) is 0 Å². The molecule has 1 N–H and O–H groups in total. The van der Waals surface area contributed by atoms with Crippen LogP contribution in [0.25, 0.3) is 5.69 Å². The summed E-state index contributed by atoms with van der Waals surface area (Å²) >= 11 is 0. The van der Waals surface area contributed by atoms with Crippen LogP contribution in [0.2, 0.25) is 0 Å². The summed E-state index contributed by atoms with van der Waals surface area (Å²) in [5.74, 6) is 1.18. The molecule has 3 rings (SSSR count). The van der Waals surface area contributed by atoms with Crippen molar-refractivity contribution in [3.05, 3.63) is 72.3 Å². The van der Waals surface area contributed by atoms with Crippen LogP contribution in [0.5, 0.6) is 5.75 Å². The number of nitrogens with zero attached hydrogens (tertiary/aromatic N) is 3. The number of benzene rings is 2. The molecule has 1 aromatic heterocycles. The van der Waals surface area contributed by atoms with E-state index in [0.717, 1.165) is 12.1 Å². The zero-order chi connectivity index (χ0) is 17.5. The first-order chi connectivity index (χ1) is 12.3. The van der Waals surface area contributed by atoms with E-state index in [9.17, 15) is 4.79 Å². The third-order valence-corrected chi connectivity index (χ3v) is 3.63. The Balaban J connectivity index is 1.67. The van der Waals surface area contributed by atoms with E-state index in [1.54, 1.807) is 18.5 Å². The summed E-state index contributed by atoms with van der Waals surface area (Å²) in [7, 11) is 0. The molecule has 0 unspecified atom stereocenters. The summed E-state index contributed by atoms with van der Waals surface area (Å²) in [6.45, 7) is 2.96. The lowest BCUT2D eigenvalue weighted by Gasteiger charge is -2.09. The molecule has 0 spiro atoms. The molecule has 0 bridgehead atoms. The molecule has 6 nitrogen and oxygen atoms in total. The predicted molar refractivity (Wildman–Crippen MR) is 94.8 cm³/mol. The van der Waals surface area contributed by atoms with Crippen molar-refractivity contribution in [3.8, 4) is 11.4 Å². The van der Waals surface area contributed by atoms with Crippen LogP contribution in [0.1, 0.15) is 29.5 Å². The van der Waals surface area contributed by atoms with Crippen molar-refractivity contribution in [2.45, 2.75) is 19.9 Å². The van der Waals surface area contributed by atoms with E-state index in [4.69, 9.17) is 4.74 Å². The Bertz CT molecular complexity index is 830. The summed E-state index contributed by atoms with van der Waals surface area (Å²) in [6, 6.07) is 16.9. The molecular formula is C19H20N4O2. The molecule has 0 saturated heterocycles. The van der Waals surface area contributed by atoms with E-state index in [0.29, 0.717) is 23.7 Å². The topological polar surface area (TPSA) is 69.0 Å². The summed E-state index contributed by atoms with van der Waals surface area (Å²) in [6.07, 6.45) is 2.56. The second-order valence-electron chi connectivity index (χ2n) is 5.51. The molecule has 0 atom stereocenters. The number of ether oxygens (including phenoxy) is 1. The van der Waals surface area contributed by atoms with Gasteiger partial charge in [-0.3, -0.25) is 9.36 Å². The highest BCUT2D eigenvalue weighted by molar-refractivity contribution is 5.94. The smallest absolute Gasteiger partial charge is 0.251 e. The molecule has 0 aliphatic rings. The van der Waals surface area contributed by atoms with Gasteiger partial charge in [-0.1, -0.05) is 31.2 Å². The minimum absolute atomic E-state index is 0.176. The maximum absolute atomic E-state index is 12.4. The van der Waals surface area contributed by atoms with E-state index >= 15 is 0 Å². The van der Waals surface area contributed by atoms with Crippen molar-refractivity contribution in [3.63, 3.8) is 0 Å². The maximum atomic E-state index is 12.4. The molecule has 3 aromatic rings. The average molecular weight is 336 g/mol. The van der Waals surface area contributed by atoms with Crippen LogP contribution in [-0.2, 0) is 6.54 Å². The predicted octanol–water partition coefficient (Wildman–Crippen LogP) is 2.99. The molecule has 0 radical (unpaired) electrons. The number of carbonyl (C=O) groups excluding carboxylic acids is 1. The highest BCUT2D eigenvalue weighted by Crippen LogP contribution is 2.14. The summed E-state index contributed by atoms with van der Waals surface area (Å²) in [4.78, 5) is 12.4. The molecule has 128 valence electrons. The minimum atomic E-state index is -0.176. The Morgan fingerprint density at radius 3 is 2.80 bits per heavy atom. The Labute approximate surface area is 146 Å². The van der Waals surface area contributed by atoms with Gasteiger partial charge in [-0.15, -0.1) is 10.2 Å². The SMILES string of the molecule is CCCOc1cccc(C(=O)NCc2nncn2-c2ccccc2)c1. The molecule has 2 aromatic carbocycles. The van der Waals surface area contributed by atoms with Gasteiger partial charge >= 0.3 is 0 Å². The number of carbonyl (C=O) groups is 1. The minimum Gasteiger partial charge on any atom is -0.494 e. The molecular weight excluding hydrogens is 316 g/mol. The van der Waals surface area contributed by atoms with Crippen molar-refractivity contribution in [2.75, 3.05) is 6.61 Å². The van der Waals surface area contributed by atoms with Crippen LogP contribution in [0.4, 0.5) is 0 Å². The van der Waals surface area contributed by atoms with Gasteiger partial charge in [0.1, 0.15) is 12.1 Å². The normalized spacial score (nSPS) is 10.4. The van der Waals surface area contributed by atoms with Gasteiger partial charge in [0.25, 0.3) is 5.91 Å². The maximum Gasteiger partial charge on any atom is 0.251 e. The quantitative estimate of drug-likeness (QED) is 0.720. The molecule has 0 aliphatic heterocycles. The lowest BCUT2D eigenvalue weighted by molar-refractivity contribution is 0.0949. The van der Waals surface area contributed by atoms with E-state index < -0.39 is 0 Å². The Kier molecular flexibility index (Phi) is 5.41. The number of hydrogen-bond donors (Lipinski definition) is 1. The average Bonchev–Trinajstić information content (AvgIpc) is 3.14. The lowest BCUT2D eigenvalue weighted by Crippen LogP contribution is -2.24. The summed E-state index contributed by atoms with van der Waals surface area (Å²) < 4.78 is 7.42. The van der Waals surface area contributed by atoms with E-state index in [1.807, 2.05) is 54.0 Å². The first-order valence-corrected chi connectivity index (χ1v) is 8.23. The fourth-order valence-corrected chi connectivity index (χ4v) is 2.39. The van der Waals surface area contributed by atoms with Crippen molar-refractivity contribution in [2.24, 2.45) is 0 Å². The Hall–Kier alpha value is -3.15. The van der Waals surface area contributed by atoms with Gasteiger partial charge in [0.05, 0.1) is 13.2 Å². The van der Waals surface area contributed by atoms with Crippen molar-refractivity contribution < 1.29 is 9.53 Å². The zero-order valence-electron chi connectivity index (χ0n) is 14.1. The Morgan fingerprint density at radius 2 is 2.00 bits per heavy atom. The number of rotatable bonds is 7. The number of amides is 1. The molecule has 0 saturated carbocycles. The first kappa shape index (κ1) is 16.7. The van der Waals surface area contributed by atoms with Gasteiger partial charge in [0.2, 0.25) is 0 Å². The number of nitrogens with one attached hydrogen (secondary N) is 1. The largest absolute Gasteiger partial charge is 0.494 e. The van der Waals surface area contributed by atoms with Crippen LogP contribution in [-0.4, -0.2) is 27.3 Å². The second-order valence-corrected chi connectivity index (χ2v) is 5.51. The van der Waals surface area contributed by atoms with Gasteiger partial charge in [-0.05, 0) is 36.8 Å². The van der Waals surface area contributed by atoms with Crippen LogP contribution in [0.3, 0.4) is 0 Å². The van der Waals surface area contributed by atoms with Gasteiger partial charge in [0.15, 0.2) is 5.82 Å². The highest BCUT2D eigenvalue weighted by atomic mass is 16.5. The van der Waals surface area contributed by atoms with Gasteiger partial charge in [-0.2, -0.15) is 0 Å². The van der Waals surface area contributed by atoms with E-state index in [1.165, 1.54) is 0 Å². The fraction of sp³-hybridized carbons (Fsp3) is 0.211. The van der Waals surface area contributed by atoms with Crippen LogP contribution < -0.4 is 10.1 Å². The van der Waals surface area contributed by atoms with Crippen molar-refractivity contribution in [1.82, 2.24) is 20.1 Å². The van der Waals surface area contributed by atoms with E-state index in [2.05, 4.69) is 15.5 Å². The monoisotopic (exact) mass is 336 g/mol. The third-order valence-electron chi connectivity index (χ3n) is 3.63. The molecule has 0 fully saturated rings. The summed E-state index contributed by atoms with van der Waals surface area (Å²) in [5, 5.41) is 10.9. The summed E-state index contributed by atoms with van der Waals surface area (Å²) in [5.41, 5.74) is 1.51. The molecule has 0 aliphatic carbocycles. The van der Waals surface area contributed by atoms with Crippen LogP contribution in [0.15, 0.2) is 60.9 Å². The number of aromatic nitrogens is 3. The first-order valence-electron chi connectivity index (χ1n) is 8.23. The van der Waals surface area contributed by atoms with Crippen LogP contribution >= 0.6 is 0 Å². The standard InChI is InChI=1S/C19H20N4O2/c1-2-11-25-17-10-6-7-15(12-17)19(24)20-13-18-22-21-14-23(18)16-8-4-3-5-9-16/h3-10,12,14H,2,11,13H2,1H3,(H,20,24).